The van der Waals surface area contributed by atoms with Gasteiger partial charge in [-0.3, -0.25) is 4.79 Å². The summed E-state index contributed by atoms with van der Waals surface area (Å²) in [5.74, 6) is 0.328. The predicted octanol–water partition coefficient (Wildman–Crippen LogP) is 3.50. The molecule has 0 unspecified atom stereocenters. The standard InChI is InChI=1S/C19H30N2O/c1-14(15-8-10-17(11-9-15)19(2,3)4)20-18(22)16-7-6-12-21(5)13-16/h8-11,14,16H,6-7,12-13H2,1-5H3,(H,20,22)/t14-,16-/m1/s1. The van der Waals surface area contributed by atoms with Crippen molar-refractivity contribution in [3.63, 3.8) is 0 Å². The monoisotopic (exact) mass is 302 g/mol. The quantitative estimate of drug-likeness (QED) is 0.927. The molecule has 0 bridgehead atoms. The van der Waals surface area contributed by atoms with Crippen LogP contribution in [0.5, 0.6) is 0 Å². The summed E-state index contributed by atoms with van der Waals surface area (Å²) in [6.45, 7) is 10.7. The van der Waals surface area contributed by atoms with Crippen molar-refractivity contribution in [1.29, 1.82) is 0 Å². The number of hydrogen-bond donors (Lipinski definition) is 1. The average Bonchev–Trinajstić information content (AvgIpc) is 2.46. The lowest BCUT2D eigenvalue weighted by Crippen LogP contribution is -2.42. The van der Waals surface area contributed by atoms with Crippen LogP contribution in [0.25, 0.3) is 0 Å². The van der Waals surface area contributed by atoms with Gasteiger partial charge in [0.25, 0.3) is 0 Å². The zero-order valence-corrected chi connectivity index (χ0v) is 14.6. The molecule has 122 valence electrons. The highest BCUT2D eigenvalue weighted by atomic mass is 16.2. The summed E-state index contributed by atoms with van der Waals surface area (Å²) in [5, 5.41) is 3.18. The van der Waals surface area contributed by atoms with Crippen molar-refractivity contribution in [2.45, 2.75) is 52.0 Å². The minimum Gasteiger partial charge on any atom is -0.349 e. The molecule has 0 radical (unpaired) electrons. The number of benzene rings is 1. The summed E-state index contributed by atoms with van der Waals surface area (Å²) in [6, 6.07) is 8.68. The van der Waals surface area contributed by atoms with E-state index in [1.807, 2.05) is 0 Å². The van der Waals surface area contributed by atoms with Gasteiger partial charge >= 0.3 is 0 Å². The van der Waals surface area contributed by atoms with Crippen molar-refractivity contribution >= 4 is 5.91 Å². The van der Waals surface area contributed by atoms with Gasteiger partial charge in [0.05, 0.1) is 12.0 Å². The molecule has 1 saturated heterocycles. The van der Waals surface area contributed by atoms with Gasteiger partial charge < -0.3 is 10.2 Å². The van der Waals surface area contributed by atoms with E-state index in [0.717, 1.165) is 25.9 Å². The van der Waals surface area contributed by atoms with Crippen molar-refractivity contribution in [3.05, 3.63) is 35.4 Å². The molecule has 0 aliphatic carbocycles. The van der Waals surface area contributed by atoms with Gasteiger partial charge in [-0.1, -0.05) is 45.0 Å². The van der Waals surface area contributed by atoms with Gasteiger partial charge in [0.1, 0.15) is 0 Å². The van der Waals surface area contributed by atoms with E-state index in [9.17, 15) is 4.79 Å². The molecule has 1 aromatic carbocycles. The average molecular weight is 302 g/mol. The van der Waals surface area contributed by atoms with Crippen LogP contribution in [-0.4, -0.2) is 30.9 Å². The van der Waals surface area contributed by atoms with E-state index in [1.54, 1.807) is 0 Å². The van der Waals surface area contributed by atoms with E-state index in [2.05, 4.69) is 69.2 Å². The Labute approximate surface area is 135 Å². The van der Waals surface area contributed by atoms with E-state index in [-0.39, 0.29) is 23.3 Å². The van der Waals surface area contributed by atoms with Crippen LogP contribution >= 0.6 is 0 Å². The Morgan fingerprint density at radius 3 is 2.45 bits per heavy atom. The third kappa shape index (κ3) is 4.33. The SMILES string of the molecule is C[C@@H](NC(=O)[C@@H]1CCCN(C)C1)c1ccc(C(C)(C)C)cc1. The molecular weight excluding hydrogens is 272 g/mol. The third-order valence-electron chi connectivity index (χ3n) is 4.63. The van der Waals surface area contributed by atoms with Crippen molar-refractivity contribution in [2.24, 2.45) is 5.92 Å². The van der Waals surface area contributed by atoms with Gasteiger partial charge in [-0.05, 0) is 49.9 Å². The van der Waals surface area contributed by atoms with Crippen LogP contribution in [0.1, 0.15) is 57.7 Å². The first-order valence-corrected chi connectivity index (χ1v) is 8.37. The highest BCUT2D eigenvalue weighted by molar-refractivity contribution is 5.79. The molecule has 0 aromatic heterocycles. The number of nitrogens with one attached hydrogen (secondary N) is 1. The van der Waals surface area contributed by atoms with Gasteiger partial charge in [0.15, 0.2) is 0 Å². The third-order valence-corrected chi connectivity index (χ3v) is 4.63. The second-order valence-electron chi connectivity index (χ2n) is 7.70. The van der Waals surface area contributed by atoms with Gasteiger partial charge in [-0.2, -0.15) is 0 Å². The molecule has 2 atom stereocenters. The van der Waals surface area contributed by atoms with Gasteiger partial charge in [-0.15, -0.1) is 0 Å². The number of amides is 1. The number of piperidine rings is 1. The lowest BCUT2D eigenvalue weighted by atomic mass is 9.86. The molecular formula is C19H30N2O. The zero-order valence-electron chi connectivity index (χ0n) is 14.6. The van der Waals surface area contributed by atoms with Crippen LogP contribution in [0.2, 0.25) is 0 Å². The Morgan fingerprint density at radius 1 is 1.27 bits per heavy atom. The number of nitrogens with zero attached hydrogens (tertiary/aromatic N) is 1. The maximum atomic E-state index is 12.4. The van der Waals surface area contributed by atoms with E-state index >= 15 is 0 Å². The first-order chi connectivity index (χ1) is 10.3. The normalized spacial score (nSPS) is 21.4. The largest absolute Gasteiger partial charge is 0.349 e. The molecule has 1 aliphatic rings. The van der Waals surface area contributed by atoms with E-state index in [0.29, 0.717) is 0 Å². The Balaban J connectivity index is 1.96. The van der Waals surface area contributed by atoms with Crippen molar-refractivity contribution < 1.29 is 4.79 Å². The van der Waals surface area contributed by atoms with Gasteiger partial charge in [0.2, 0.25) is 5.91 Å². The Hall–Kier alpha value is -1.35. The second-order valence-corrected chi connectivity index (χ2v) is 7.70. The Morgan fingerprint density at radius 2 is 1.91 bits per heavy atom. The van der Waals surface area contributed by atoms with E-state index in [4.69, 9.17) is 0 Å². The van der Waals surface area contributed by atoms with Crippen molar-refractivity contribution in [3.8, 4) is 0 Å². The minimum absolute atomic E-state index is 0.0637. The smallest absolute Gasteiger partial charge is 0.224 e. The summed E-state index contributed by atoms with van der Waals surface area (Å²) >= 11 is 0. The molecule has 1 heterocycles. The predicted molar refractivity (Wildman–Crippen MR) is 91.9 cm³/mol. The molecule has 0 saturated carbocycles. The fraction of sp³-hybridized carbons (Fsp3) is 0.632. The van der Waals surface area contributed by atoms with Gasteiger partial charge in [-0.25, -0.2) is 0 Å². The highest BCUT2D eigenvalue weighted by Gasteiger charge is 2.25. The molecule has 3 nitrogen and oxygen atoms in total. The van der Waals surface area contributed by atoms with Crippen LogP contribution in [0.4, 0.5) is 0 Å². The van der Waals surface area contributed by atoms with Crippen LogP contribution in [0, 0.1) is 5.92 Å². The van der Waals surface area contributed by atoms with Crippen LogP contribution in [-0.2, 0) is 10.2 Å². The molecule has 0 spiro atoms. The molecule has 1 N–H and O–H groups in total. The maximum absolute atomic E-state index is 12.4. The van der Waals surface area contributed by atoms with E-state index < -0.39 is 0 Å². The lowest BCUT2D eigenvalue weighted by molar-refractivity contribution is -0.127. The number of carbonyl (C=O) groups is 1. The number of carbonyl (C=O) groups excluding carboxylic acids is 1. The lowest BCUT2D eigenvalue weighted by Gasteiger charge is -2.29. The molecule has 1 aromatic rings. The Bertz CT molecular complexity index is 501. The fourth-order valence-electron chi connectivity index (χ4n) is 3.07. The fourth-order valence-corrected chi connectivity index (χ4v) is 3.07. The second kappa shape index (κ2) is 6.82. The first kappa shape index (κ1) is 17.0. The van der Waals surface area contributed by atoms with Crippen LogP contribution in [0.15, 0.2) is 24.3 Å². The maximum Gasteiger partial charge on any atom is 0.224 e. The number of likely N-dealkylation sites (tertiary alicyclic amines) is 1. The molecule has 22 heavy (non-hydrogen) atoms. The molecule has 1 fully saturated rings. The summed E-state index contributed by atoms with van der Waals surface area (Å²) in [4.78, 5) is 14.7. The van der Waals surface area contributed by atoms with Crippen molar-refractivity contribution in [2.75, 3.05) is 20.1 Å². The minimum atomic E-state index is 0.0637. The number of rotatable bonds is 3. The summed E-state index contributed by atoms with van der Waals surface area (Å²) in [5.41, 5.74) is 2.66. The van der Waals surface area contributed by atoms with Crippen LogP contribution in [0.3, 0.4) is 0 Å². The number of hydrogen-bond acceptors (Lipinski definition) is 2. The molecule has 2 rings (SSSR count). The molecule has 1 aliphatic heterocycles. The summed E-state index contributed by atoms with van der Waals surface area (Å²) in [7, 11) is 2.09. The zero-order chi connectivity index (χ0) is 16.3. The molecule has 3 heteroatoms. The van der Waals surface area contributed by atoms with Crippen molar-refractivity contribution in [1.82, 2.24) is 10.2 Å². The summed E-state index contributed by atoms with van der Waals surface area (Å²) in [6.07, 6.45) is 2.12. The van der Waals surface area contributed by atoms with Crippen LogP contribution < -0.4 is 5.32 Å². The summed E-state index contributed by atoms with van der Waals surface area (Å²) < 4.78 is 0. The highest BCUT2D eigenvalue weighted by Crippen LogP contribution is 2.24. The first-order valence-electron chi connectivity index (χ1n) is 8.37. The van der Waals surface area contributed by atoms with Gasteiger partial charge in [0, 0.05) is 6.54 Å². The van der Waals surface area contributed by atoms with E-state index in [1.165, 1.54) is 11.1 Å². The topological polar surface area (TPSA) is 32.3 Å². The Kier molecular flexibility index (Phi) is 5.28. The molecule has 1 amide bonds.